The van der Waals surface area contributed by atoms with Crippen molar-refractivity contribution in [2.24, 2.45) is 0 Å². The van der Waals surface area contributed by atoms with Crippen LogP contribution in [0.5, 0.6) is 5.75 Å². The molecule has 0 aliphatic heterocycles. The molecule has 0 bridgehead atoms. The molecule has 0 aliphatic rings. The predicted octanol–water partition coefficient (Wildman–Crippen LogP) is 2.79. The maximum absolute atomic E-state index is 11.9. The molecule has 0 aromatic heterocycles. The van der Waals surface area contributed by atoms with Crippen molar-refractivity contribution in [1.82, 2.24) is 0 Å². The second-order valence-corrected chi connectivity index (χ2v) is 3.42. The number of alkyl halides is 2. The fraction of sp³-hybridized carbons (Fsp3) is 0.222. The quantitative estimate of drug-likeness (QED) is 0.782. The molecule has 0 amide bonds. The summed E-state index contributed by atoms with van der Waals surface area (Å²) in [5.74, 6) is 0.0291. The topological polar surface area (TPSA) is 26.3 Å². The lowest BCUT2D eigenvalue weighted by Crippen LogP contribution is -2.04. The van der Waals surface area contributed by atoms with Gasteiger partial charge in [0.25, 0.3) is 0 Å². The standard InChI is InChI=1S/C9H7BrF2O2/c10-7-2-1-6(3-4-13)8(5-7)14-9(11)12/h1-2,4-5,9H,3H2. The molecule has 0 atom stereocenters. The van der Waals surface area contributed by atoms with Gasteiger partial charge < -0.3 is 9.53 Å². The third-order valence-corrected chi connectivity index (χ3v) is 2.04. The molecule has 2 nitrogen and oxygen atoms in total. The van der Waals surface area contributed by atoms with Gasteiger partial charge >= 0.3 is 6.61 Å². The number of benzene rings is 1. The zero-order valence-electron chi connectivity index (χ0n) is 7.04. The Morgan fingerprint density at radius 2 is 2.21 bits per heavy atom. The van der Waals surface area contributed by atoms with Crippen LogP contribution in [0.4, 0.5) is 8.78 Å². The monoisotopic (exact) mass is 264 g/mol. The molecule has 0 fully saturated rings. The molecule has 0 unspecified atom stereocenters. The molecule has 1 rings (SSSR count). The maximum Gasteiger partial charge on any atom is 0.387 e. The van der Waals surface area contributed by atoms with Crippen molar-refractivity contribution < 1.29 is 18.3 Å². The van der Waals surface area contributed by atoms with E-state index in [1.807, 2.05) is 0 Å². The summed E-state index contributed by atoms with van der Waals surface area (Å²) in [6, 6.07) is 4.64. The first kappa shape index (κ1) is 11.1. The molecule has 76 valence electrons. The Balaban J connectivity index is 2.96. The highest BCUT2D eigenvalue weighted by Gasteiger charge is 2.09. The lowest BCUT2D eigenvalue weighted by molar-refractivity contribution is -0.107. The fourth-order valence-corrected chi connectivity index (χ4v) is 1.33. The summed E-state index contributed by atoms with van der Waals surface area (Å²) in [5, 5.41) is 0. The molecule has 0 saturated heterocycles. The highest BCUT2D eigenvalue weighted by atomic mass is 79.9. The van der Waals surface area contributed by atoms with Gasteiger partial charge in [-0.1, -0.05) is 22.0 Å². The van der Waals surface area contributed by atoms with E-state index in [0.29, 0.717) is 16.3 Å². The van der Waals surface area contributed by atoms with Gasteiger partial charge in [-0.25, -0.2) is 0 Å². The average Bonchev–Trinajstić information content (AvgIpc) is 2.09. The van der Waals surface area contributed by atoms with E-state index in [9.17, 15) is 13.6 Å². The van der Waals surface area contributed by atoms with Gasteiger partial charge in [0.15, 0.2) is 0 Å². The maximum atomic E-state index is 11.9. The molecule has 1 aromatic carbocycles. The van der Waals surface area contributed by atoms with E-state index in [4.69, 9.17) is 0 Å². The summed E-state index contributed by atoms with van der Waals surface area (Å²) in [6.07, 6.45) is 0.705. The van der Waals surface area contributed by atoms with Gasteiger partial charge in [0.05, 0.1) is 0 Å². The number of hydrogen-bond acceptors (Lipinski definition) is 2. The number of carbonyl (C=O) groups excluding carboxylic acids is 1. The Labute approximate surface area is 88.0 Å². The van der Waals surface area contributed by atoms with Crippen LogP contribution in [0.25, 0.3) is 0 Å². The normalized spacial score (nSPS) is 10.3. The van der Waals surface area contributed by atoms with Crippen molar-refractivity contribution in [1.29, 1.82) is 0 Å². The molecule has 0 spiro atoms. The van der Waals surface area contributed by atoms with Crippen LogP contribution in [0.2, 0.25) is 0 Å². The van der Waals surface area contributed by atoms with E-state index in [1.54, 1.807) is 12.1 Å². The van der Waals surface area contributed by atoms with Crippen molar-refractivity contribution in [2.45, 2.75) is 13.0 Å². The lowest BCUT2D eigenvalue weighted by atomic mass is 10.1. The summed E-state index contributed by atoms with van der Waals surface area (Å²) in [4.78, 5) is 10.2. The molecular weight excluding hydrogens is 258 g/mol. The van der Waals surface area contributed by atoms with Gasteiger partial charge in [0, 0.05) is 16.5 Å². The minimum atomic E-state index is -2.88. The average molecular weight is 265 g/mol. The minimum Gasteiger partial charge on any atom is -0.434 e. The van der Waals surface area contributed by atoms with E-state index in [2.05, 4.69) is 20.7 Å². The fourth-order valence-electron chi connectivity index (χ4n) is 0.992. The number of halogens is 3. The molecule has 0 heterocycles. The van der Waals surface area contributed by atoms with E-state index in [1.165, 1.54) is 6.07 Å². The first-order valence-electron chi connectivity index (χ1n) is 3.80. The summed E-state index contributed by atoms with van der Waals surface area (Å²) in [7, 11) is 0. The van der Waals surface area contributed by atoms with Gasteiger partial charge in [-0.2, -0.15) is 8.78 Å². The number of aldehydes is 1. The van der Waals surface area contributed by atoms with Crippen LogP contribution in [0.3, 0.4) is 0 Å². The van der Waals surface area contributed by atoms with Crippen LogP contribution in [-0.4, -0.2) is 12.9 Å². The van der Waals surface area contributed by atoms with Crippen LogP contribution in [-0.2, 0) is 11.2 Å². The molecule has 1 aromatic rings. The summed E-state index contributed by atoms with van der Waals surface area (Å²) in [5.41, 5.74) is 0.448. The minimum absolute atomic E-state index is 0.0291. The Kier molecular flexibility index (Phi) is 4.00. The molecular formula is C9H7BrF2O2. The third-order valence-electron chi connectivity index (χ3n) is 1.55. The number of ether oxygens (including phenoxy) is 1. The van der Waals surface area contributed by atoms with Crippen LogP contribution >= 0.6 is 15.9 Å². The van der Waals surface area contributed by atoms with E-state index in [-0.39, 0.29) is 12.2 Å². The highest BCUT2D eigenvalue weighted by molar-refractivity contribution is 9.10. The summed E-state index contributed by atoms with van der Waals surface area (Å²) >= 11 is 3.12. The second-order valence-electron chi connectivity index (χ2n) is 2.50. The molecule has 5 heteroatoms. The van der Waals surface area contributed by atoms with Crippen LogP contribution in [0.15, 0.2) is 22.7 Å². The van der Waals surface area contributed by atoms with Crippen LogP contribution < -0.4 is 4.74 Å². The Hall–Kier alpha value is -0.970. The first-order valence-corrected chi connectivity index (χ1v) is 4.59. The highest BCUT2D eigenvalue weighted by Crippen LogP contribution is 2.25. The third kappa shape index (κ3) is 3.06. The SMILES string of the molecule is O=CCc1ccc(Br)cc1OC(F)F. The Morgan fingerprint density at radius 3 is 2.79 bits per heavy atom. The molecule has 0 saturated carbocycles. The van der Waals surface area contributed by atoms with Gasteiger partial charge in [-0.3, -0.25) is 0 Å². The molecule has 0 aliphatic carbocycles. The van der Waals surface area contributed by atoms with Gasteiger partial charge in [0.1, 0.15) is 12.0 Å². The van der Waals surface area contributed by atoms with Crippen molar-refractivity contribution in [3.05, 3.63) is 28.2 Å². The largest absolute Gasteiger partial charge is 0.434 e. The molecule has 0 radical (unpaired) electrons. The van der Waals surface area contributed by atoms with E-state index in [0.717, 1.165) is 0 Å². The van der Waals surface area contributed by atoms with Crippen molar-refractivity contribution in [3.8, 4) is 5.75 Å². The van der Waals surface area contributed by atoms with Crippen molar-refractivity contribution >= 4 is 22.2 Å². The van der Waals surface area contributed by atoms with Gasteiger partial charge in [-0.05, 0) is 12.1 Å². The van der Waals surface area contributed by atoms with Crippen LogP contribution in [0.1, 0.15) is 5.56 Å². The predicted molar refractivity (Wildman–Crippen MR) is 50.5 cm³/mol. The molecule has 0 N–H and O–H groups in total. The van der Waals surface area contributed by atoms with Crippen LogP contribution in [0, 0.1) is 0 Å². The zero-order valence-corrected chi connectivity index (χ0v) is 8.63. The lowest BCUT2D eigenvalue weighted by Gasteiger charge is -2.08. The summed E-state index contributed by atoms with van der Waals surface area (Å²) in [6.45, 7) is -2.88. The molecule has 14 heavy (non-hydrogen) atoms. The first-order chi connectivity index (χ1) is 6.63. The van der Waals surface area contributed by atoms with E-state index >= 15 is 0 Å². The van der Waals surface area contributed by atoms with Crippen molar-refractivity contribution in [2.75, 3.05) is 0 Å². The number of carbonyl (C=O) groups is 1. The zero-order chi connectivity index (χ0) is 10.6. The Morgan fingerprint density at radius 1 is 1.50 bits per heavy atom. The van der Waals surface area contributed by atoms with E-state index < -0.39 is 6.61 Å². The van der Waals surface area contributed by atoms with Gasteiger partial charge in [-0.15, -0.1) is 0 Å². The van der Waals surface area contributed by atoms with Crippen molar-refractivity contribution in [3.63, 3.8) is 0 Å². The van der Waals surface area contributed by atoms with Gasteiger partial charge in [0.2, 0.25) is 0 Å². The summed E-state index contributed by atoms with van der Waals surface area (Å²) < 4.78 is 28.8. The number of hydrogen-bond donors (Lipinski definition) is 0. The Bertz CT molecular complexity index is 329. The smallest absolute Gasteiger partial charge is 0.387 e. The number of rotatable bonds is 4. The second kappa shape index (κ2) is 5.05.